The van der Waals surface area contributed by atoms with Crippen LogP contribution in [0, 0.1) is 20.2 Å². The summed E-state index contributed by atoms with van der Waals surface area (Å²) in [5.41, 5.74) is -1.42. The standard InChI is InChI=1S/C15H13N3O9S/c1-27-14-6-5-11(18(23)24)8-13(14)16(9-15(19)20)28(25,26)12-4-2-3-10(7-12)17(21)22/h2-8H,9H2,1H3,(H,19,20). The van der Waals surface area contributed by atoms with Crippen LogP contribution in [0.2, 0.25) is 0 Å². The van der Waals surface area contributed by atoms with Crippen molar-refractivity contribution in [3.8, 4) is 5.75 Å². The van der Waals surface area contributed by atoms with E-state index < -0.39 is 54.3 Å². The second-order valence-corrected chi connectivity index (χ2v) is 7.14. The zero-order chi connectivity index (χ0) is 21.1. The Morgan fingerprint density at radius 1 is 1.11 bits per heavy atom. The zero-order valence-electron chi connectivity index (χ0n) is 14.2. The van der Waals surface area contributed by atoms with Gasteiger partial charge < -0.3 is 9.84 Å². The molecular formula is C15H13N3O9S. The van der Waals surface area contributed by atoms with Crippen LogP contribution in [0.3, 0.4) is 0 Å². The first-order valence-corrected chi connectivity index (χ1v) is 8.83. The van der Waals surface area contributed by atoms with Crippen molar-refractivity contribution in [2.24, 2.45) is 0 Å². The fourth-order valence-corrected chi connectivity index (χ4v) is 3.75. The van der Waals surface area contributed by atoms with Gasteiger partial charge >= 0.3 is 5.97 Å². The number of aliphatic carboxylic acids is 1. The summed E-state index contributed by atoms with van der Waals surface area (Å²) in [5, 5.41) is 31.1. The number of ether oxygens (including phenoxy) is 1. The quantitative estimate of drug-likeness (QED) is 0.502. The maximum absolute atomic E-state index is 13.0. The Hall–Kier alpha value is -3.74. The molecule has 148 valence electrons. The summed E-state index contributed by atoms with van der Waals surface area (Å²) >= 11 is 0. The van der Waals surface area contributed by atoms with Gasteiger partial charge in [0.15, 0.2) is 0 Å². The normalized spacial score (nSPS) is 10.9. The van der Waals surface area contributed by atoms with E-state index in [9.17, 15) is 33.4 Å². The van der Waals surface area contributed by atoms with E-state index in [-0.39, 0.29) is 5.75 Å². The third kappa shape index (κ3) is 4.15. The lowest BCUT2D eigenvalue weighted by molar-refractivity contribution is -0.385. The molecule has 0 atom stereocenters. The topological polar surface area (TPSA) is 170 Å². The predicted octanol–water partition coefficient (Wildman–Crippen LogP) is 1.79. The Balaban J connectivity index is 2.72. The van der Waals surface area contributed by atoms with Gasteiger partial charge in [-0.05, 0) is 12.1 Å². The largest absolute Gasteiger partial charge is 0.495 e. The Bertz CT molecular complexity index is 1050. The summed E-state index contributed by atoms with van der Waals surface area (Å²) in [5.74, 6) is -1.69. The molecule has 2 rings (SSSR count). The first-order valence-electron chi connectivity index (χ1n) is 7.39. The molecule has 0 saturated heterocycles. The van der Waals surface area contributed by atoms with Crippen LogP contribution in [-0.2, 0) is 14.8 Å². The average molecular weight is 411 g/mol. The van der Waals surface area contributed by atoms with Crippen molar-refractivity contribution < 1.29 is 32.9 Å². The molecule has 2 aromatic rings. The monoisotopic (exact) mass is 411 g/mol. The van der Waals surface area contributed by atoms with E-state index in [4.69, 9.17) is 9.84 Å². The zero-order valence-corrected chi connectivity index (χ0v) is 15.0. The molecule has 0 spiro atoms. The Kier molecular flexibility index (Phi) is 5.78. The van der Waals surface area contributed by atoms with Crippen LogP contribution in [0.1, 0.15) is 0 Å². The molecule has 0 amide bonds. The number of carboxylic acid groups (broad SMARTS) is 1. The van der Waals surface area contributed by atoms with Crippen LogP contribution in [0.5, 0.6) is 5.75 Å². The van der Waals surface area contributed by atoms with E-state index in [1.54, 1.807) is 0 Å². The molecule has 0 aliphatic carbocycles. The molecule has 0 heterocycles. The number of nitrogens with zero attached hydrogens (tertiary/aromatic N) is 3. The highest BCUT2D eigenvalue weighted by Gasteiger charge is 2.31. The number of methoxy groups -OCH3 is 1. The summed E-state index contributed by atoms with van der Waals surface area (Å²) in [4.78, 5) is 31.1. The molecule has 0 aliphatic heterocycles. The second-order valence-electron chi connectivity index (χ2n) is 5.27. The molecule has 0 bridgehead atoms. The third-order valence-electron chi connectivity index (χ3n) is 3.54. The number of sulfonamides is 1. The molecule has 0 aliphatic rings. The molecule has 1 N–H and O–H groups in total. The maximum Gasteiger partial charge on any atom is 0.324 e. The van der Waals surface area contributed by atoms with Gasteiger partial charge in [-0.3, -0.25) is 29.3 Å². The SMILES string of the molecule is COc1ccc([N+](=O)[O-])cc1N(CC(=O)O)S(=O)(=O)c1cccc([N+](=O)[O-])c1. The van der Waals surface area contributed by atoms with Crippen molar-refractivity contribution in [1.29, 1.82) is 0 Å². The molecule has 0 aromatic heterocycles. The number of carbonyl (C=O) groups is 1. The highest BCUT2D eigenvalue weighted by Crippen LogP contribution is 2.36. The van der Waals surface area contributed by atoms with Crippen LogP contribution >= 0.6 is 0 Å². The fourth-order valence-electron chi connectivity index (χ4n) is 2.29. The number of nitro groups is 2. The van der Waals surface area contributed by atoms with Crippen molar-refractivity contribution in [3.05, 3.63) is 62.7 Å². The Morgan fingerprint density at radius 2 is 1.71 bits per heavy atom. The van der Waals surface area contributed by atoms with Crippen LogP contribution < -0.4 is 9.04 Å². The van der Waals surface area contributed by atoms with Gasteiger partial charge in [0.2, 0.25) is 0 Å². The van der Waals surface area contributed by atoms with E-state index in [0.717, 1.165) is 42.5 Å². The predicted molar refractivity (Wildman–Crippen MR) is 94.9 cm³/mol. The summed E-state index contributed by atoms with van der Waals surface area (Å²) < 4.78 is 31.4. The smallest absolute Gasteiger partial charge is 0.324 e. The molecule has 12 nitrogen and oxygen atoms in total. The van der Waals surface area contributed by atoms with Gasteiger partial charge in [-0.25, -0.2) is 8.42 Å². The van der Waals surface area contributed by atoms with E-state index in [1.165, 1.54) is 7.11 Å². The highest BCUT2D eigenvalue weighted by molar-refractivity contribution is 7.92. The van der Waals surface area contributed by atoms with Gasteiger partial charge in [0.05, 0.1) is 21.9 Å². The summed E-state index contributed by atoms with van der Waals surface area (Å²) in [6.07, 6.45) is 0. The number of non-ortho nitro benzene ring substituents is 2. The number of nitro benzene ring substituents is 2. The number of hydrogen-bond donors (Lipinski definition) is 1. The molecule has 13 heteroatoms. The molecular weight excluding hydrogens is 398 g/mol. The molecule has 0 radical (unpaired) electrons. The first-order chi connectivity index (χ1) is 13.1. The second kappa shape index (κ2) is 7.87. The van der Waals surface area contributed by atoms with Gasteiger partial charge in [-0.1, -0.05) is 6.07 Å². The summed E-state index contributed by atoms with van der Waals surface area (Å²) in [6.45, 7) is -1.09. The Morgan fingerprint density at radius 3 is 2.25 bits per heavy atom. The van der Waals surface area contributed by atoms with E-state index in [0.29, 0.717) is 4.31 Å². The summed E-state index contributed by atoms with van der Waals surface area (Å²) in [6, 6.07) is 7.00. The molecule has 0 saturated carbocycles. The number of rotatable bonds is 8. The van der Waals surface area contributed by atoms with Gasteiger partial charge in [-0.2, -0.15) is 0 Å². The minimum absolute atomic E-state index is 0.138. The van der Waals surface area contributed by atoms with Gasteiger partial charge in [0.1, 0.15) is 18.0 Å². The van der Waals surface area contributed by atoms with Gasteiger partial charge in [0, 0.05) is 24.3 Å². The third-order valence-corrected chi connectivity index (χ3v) is 5.29. The van der Waals surface area contributed by atoms with E-state index in [2.05, 4.69) is 0 Å². The lowest BCUT2D eigenvalue weighted by atomic mass is 10.2. The van der Waals surface area contributed by atoms with Gasteiger partial charge in [-0.15, -0.1) is 0 Å². The number of carboxylic acids is 1. The molecule has 0 unspecified atom stereocenters. The van der Waals surface area contributed by atoms with Crippen molar-refractivity contribution >= 4 is 33.1 Å². The number of benzene rings is 2. The number of anilines is 1. The minimum Gasteiger partial charge on any atom is -0.495 e. The molecule has 2 aromatic carbocycles. The van der Waals surface area contributed by atoms with Crippen molar-refractivity contribution in [1.82, 2.24) is 0 Å². The fraction of sp³-hybridized carbons (Fsp3) is 0.133. The van der Waals surface area contributed by atoms with Crippen LogP contribution in [-0.4, -0.2) is 43.0 Å². The van der Waals surface area contributed by atoms with Crippen molar-refractivity contribution in [3.63, 3.8) is 0 Å². The van der Waals surface area contributed by atoms with E-state index in [1.807, 2.05) is 0 Å². The van der Waals surface area contributed by atoms with Crippen molar-refractivity contribution in [2.45, 2.75) is 4.90 Å². The summed E-state index contributed by atoms with van der Waals surface area (Å²) in [7, 11) is -3.46. The minimum atomic E-state index is -4.63. The van der Waals surface area contributed by atoms with Crippen molar-refractivity contribution in [2.75, 3.05) is 18.0 Å². The van der Waals surface area contributed by atoms with Crippen LogP contribution in [0.25, 0.3) is 0 Å². The number of hydrogen-bond acceptors (Lipinski definition) is 8. The lowest BCUT2D eigenvalue weighted by Gasteiger charge is -2.24. The van der Waals surface area contributed by atoms with E-state index >= 15 is 0 Å². The first kappa shape index (κ1) is 20.6. The van der Waals surface area contributed by atoms with Crippen LogP contribution in [0.15, 0.2) is 47.4 Å². The average Bonchev–Trinajstić information content (AvgIpc) is 2.65. The van der Waals surface area contributed by atoms with Gasteiger partial charge in [0.25, 0.3) is 21.4 Å². The van der Waals surface area contributed by atoms with Crippen LogP contribution in [0.4, 0.5) is 17.1 Å². The molecule has 28 heavy (non-hydrogen) atoms. The maximum atomic E-state index is 13.0. The molecule has 0 fully saturated rings. The highest BCUT2D eigenvalue weighted by atomic mass is 32.2. The Labute approximate surface area is 157 Å². The lowest BCUT2D eigenvalue weighted by Crippen LogP contribution is -2.36.